The summed E-state index contributed by atoms with van der Waals surface area (Å²) in [4.78, 5) is 0. The van der Waals surface area contributed by atoms with Crippen LogP contribution in [0.2, 0.25) is 0 Å². The van der Waals surface area contributed by atoms with E-state index >= 15 is 0 Å². The van der Waals surface area contributed by atoms with Gasteiger partial charge in [-0.1, -0.05) is 0 Å². The first kappa shape index (κ1) is 37.3. The monoisotopic (exact) mass is 167 g/mol. The quantitative estimate of drug-likeness (QED) is 0.332. The zero-order chi connectivity index (χ0) is 0. The minimum absolute atomic E-state index is 0. The first-order chi connectivity index (χ1) is 0. The Kier molecular flexibility index (Phi) is 186. The first-order valence-corrected chi connectivity index (χ1v) is 0. The third-order valence-electron chi connectivity index (χ3n) is 0. The van der Waals surface area contributed by atoms with Gasteiger partial charge in [0.05, 0.1) is 0 Å². The summed E-state index contributed by atoms with van der Waals surface area (Å²) in [6.45, 7) is 0. The summed E-state index contributed by atoms with van der Waals surface area (Å²) < 4.78 is 0. The number of hydrogen-bond acceptors (Lipinski definition) is 0. The number of hydrogen-bond donors (Lipinski definition) is 0. The molecule has 0 saturated heterocycles. The zero-order valence-electron chi connectivity index (χ0n) is 3.45. The molecule has 0 spiro atoms. The second-order valence-corrected chi connectivity index (χ2v) is 0. The largest absolute Gasteiger partial charge is 1.00 e. The van der Waals surface area contributed by atoms with Crippen LogP contribution in [0.25, 0.3) is 0 Å². The van der Waals surface area contributed by atoms with Crippen molar-refractivity contribution in [1.29, 1.82) is 0 Å². The molecule has 2 N–H and O–H groups in total. The van der Waals surface area contributed by atoms with Crippen LogP contribution >= 0.6 is 0 Å². The Morgan fingerprint density at radius 1 is 1.25 bits per heavy atom. The molecule has 1 nitrogen and oxygen atoms in total. The van der Waals surface area contributed by atoms with E-state index in [0.717, 1.165) is 0 Å². The van der Waals surface area contributed by atoms with E-state index < -0.39 is 0 Å². The van der Waals surface area contributed by atoms with Crippen molar-refractivity contribution in [3.8, 4) is 0 Å². The van der Waals surface area contributed by atoms with Crippen molar-refractivity contribution >= 4 is 0 Å². The standard InChI is InChI=1S/Li.Nb.H2O.Ti.H/h;;1H2;;/q+1;;;;-1. The van der Waals surface area contributed by atoms with Crippen molar-refractivity contribution in [2.24, 2.45) is 0 Å². The molecule has 0 aromatic heterocycles. The molecule has 0 aliphatic carbocycles. The second-order valence-electron chi connectivity index (χ2n) is 0. The molecule has 19 valence electrons. The molecule has 0 aliphatic rings. The van der Waals surface area contributed by atoms with Gasteiger partial charge >= 0.3 is 18.9 Å². The topological polar surface area (TPSA) is 31.5 Å². The molecule has 0 amide bonds. The van der Waals surface area contributed by atoms with Gasteiger partial charge in [0.1, 0.15) is 0 Å². The normalized spacial score (nSPS) is 0. The Labute approximate surface area is 69.3 Å². The van der Waals surface area contributed by atoms with Crippen molar-refractivity contribution in [3.63, 3.8) is 0 Å². The second kappa shape index (κ2) is 19.9. The van der Waals surface area contributed by atoms with Crippen LogP contribution < -0.4 is 18.9 Å². The van der Waals surface area contributed by atoms with Crippen LogP contribution in [0, 0.1) is 0 Å². The molecule has 0 rings (SSSR count). The van der Waals surface area contributed by atoms with E-state index in [1.54, 1.807) is 0 Å². The van der Waals surface area contributed by atoms with Gasteiger partial charge in [0, 0.05) is 44.1 Å². The Hall–Kier alpha value is 2.01. The van der Waals surface area contributed by atoms with Gasteiger partial charge in [-0.05, 0) is 0 Å². The van der Waals surface area contributed by atoms with E-state index in [4.69, 9.17) is 0 Å². The minimum Gasteiger partial charge on any atom is -1.00 e. The van der Waals surface area contributed by atoms with Crippen LogP contribution in [0.3, 0.4) is 0 Å². The van der Waals surface area contributed by atoms with Crippen LogP contribution in [0.1, 0.15) is 1.43 Å². The molecule has 4 heteroatoms. The maximum atomic E-state index is 0. The predicted molar refractivity (Wildman–Crippen MR) is 4.73 cm³/mol. The van der Waals surface area contributed by atoms with Gasteiger partial charge in [-0.3, -0.25) is 0 Å². The van der Waals surface area contributed by atoms with E-state index in [2.05, 4.69) is 0 Å². The van der Waals surface area contributed by atoms with Gasteiger partial charge in [0.25, 0.3) is 0 Å². The molecular formula is H3LiNbOTi. The van der Waals surface area contributed by atoms with Crippen LogP contribution in [0.4, 0.5) is 0 Å². The maximum Gasteiger partial charge on any atom is 1.00 e. The Morgan fingerprint density at radius 2 is 1.25 bits per heavy atom. The molecule has 4 heavy (non-hydrogen) atoms. The molecule has 0 fully saturated rings. The number of rotatable bonds is 0. The summed E-state index contributed by atoms with van der Waals surface area (Å²) in [5.41, 5.74) is 0. The minimum atomic E-state index is 0. The SMILES string of the molecule is O.[H-].[Li+].[Nb].[Ti]. The van der Waals surface area contributed by atoms with Gasteiger partial charge in [-0.15, -0.1) is 0 Å². The first-order valence-electron chi connectivity index (χ1n) is 0. The summed E-state index contributed by atoms with van der Waals surface area (Å²) in [6.07, 6.45) is 0. The average Bonchev–Trinajstić information content (AvgIpc) is 0. The summed E-state index contributed by atoms with van der Waals surface area (Å²) in [7, 11) is 0. The fourth-order valence-corrected chi connectivity index (χ4v) is 0. The van der Waals surface area contributed by atoms with Gasteiger partial charge in [0.15, 0.2) is 0 Å². The molecule has 0 atom stereocenters. The third-order valence-corrected chi connectivity index (χ3v) is 0. The molecule has 0 unspecified atom stereocenters. The zero-order valence-corrected chi connectivity index (χ0v) is 6.21. The van der Waals surface area contributed by atoms with Gasteiger partial charge in [-0.2, -0.15) is 0 Å². The van der Waals surface area contributed by atoms with Gasteiger partial charge in [0.2, 0.25) is 0 Å². The molecule has 0 saturated carbocycles. The van der Waals surface area contributed by atoms with Gasteiger partial charge in [-0.25, -0.2) is 0 Å². The molecule has 1 radical (unpaired) electrons. The average molecular weight is 167 g/mol. The molecule has 0 bridgehead atoms. The van der Waals surface area contributed by atoms with Crippen molar-refractivity contribution in [1.82, 2.24) is 0 Å². The fourth-order valence-electron chi connectivity index (χ4n) is 0. The van der Waals surface area contributed by atoms with E-state index in [1.807, 2.05) is 0 Å². The van der Waals surface area contributed by atoms with E-state index in [0.29, 0.717) is 0 Å². The van der Waals surface area contributed by atoms with Crippen molar-refractivity contribution in [3.05, 3.63) is 0 Å². The van der Waals surface area contributed by atoms with Crippen LogP contribution in [0.5, 0.6) is 0 Å². The summed E-state index contributed by atoms with van der Waals surface area (Å²) in [6, 6.07) is 0. The predicted octanol–water partition coefficient (Wildman–Crippen LogP) is -3.71. The van der Waals surface area contributed by atoms with E-state index in [-0.39, 0.29) is 69.9 Å². The van der Waals surface area contributed by atoms with E-state index in [9.17, 15) is 0 Å². The maximum absolute atomic E-state index is 0. The third kappa shape index (κ3) is 8.99. The van der Waals surface area contributed by atoms with Crippen LogP contribution in [-0.4, -0.2) is 5.48 Å². The molecule has 0 aromatic rings. The summed E-state index contributed by atoms with van der Waals surface area (Å²) in [5.74, 6) is 0. The molecule has 0 aromatic carbocycles. The Bertz CT molecular complexity index is 11.6. The van der Waals surface area contributed by atoms with Crippen molar-refractivity contribution < 1.29 is 69.9 Å². The van der Waals surface area contributed by atoms with Crippen LogP contribution in [-0.2, 0) is 44.1 Å². The molecule has 0 heterocycles. The molecular weight excluding hydrogens is 164 g/mol. The Morgan fingerprint density at radius 3 is 1.25 bits per heavy atom. The van der Waals surface area contributed by atoms with Crippen LogP contribution in [0.15, 0.2) is 0 Å². The summed E-state index contributed by atoms with van der Waals surface area (Å²) >= 11 is 0. The van der Waals surface area contributed by atoms with Crippen molar-refractivity contribution in [2.45, 2.75) is 0 Å². The van der Waals surface area contributed by atoms with Gasteiger partial charge < -0.3 is 6.90 Å². The van der Waals surface area contributed by atoms with E-state index in [1.165, 1.54) is 0 Å². The smallest absolute Gasteiger partial charge is 1.00 e. The summed E-state index contributed by atoms with van der Waals surface area (Å²) in [5, 5.41) is 0. The molecule has 0 aliphatic heterocycles. The fraction of sp³-hybridized carbons (Fsp3) is 0. The van der Waals surface area contributed by atoms with Crippen molar-refractivity contribution in [2.75, 3.05) is 0 Å². The Balaban J connectivity index is 0.